The molecule has 0 spiro atoms. The largest absolute Gasteiger partial charge is 0.450 e. The number of anilines is 1. The molecule has 0 saturated carbocycles. The second kappa shape index (κ2) is 12.6. The van der Waals surface area contributed by atoms with Gasteiger partial charge in [-0.2, -0.15) is 4.31 Å². The van der Waals surface area contributed by atoms with Gasteiger partial charge in [0.1, 0.15) is 5.00 Å². The van der Waals surface area contributed by atoms with E-state index >= 15 is 0 Å². The quantitative estimate of drug-likeness (QED) is 0.403. The third-order valence-electron chi connectivity index (χ3n) is 6.52. The Morgan fingerprint density at radius 3 is 2.34 bits per heavy atom. The molecule has 4 rings (SSSR count). The van der Waals surface area contributed by atoms with Crippen molar-refractivity contribution in [2.45, 2.75) is 38.3 Å². The lowest BCUT2D eigenvalue weighted by molar-refractivity contribution is -0.129. The van der Waals surface area contributed by atoms with Crippen LogP contribution in [0.5, 0.6) is 0 Å². The van der Waals surface area contributed by atoms with Gasteiger partial charge in [0.05, 0.1) is 23.6 Å². The van der Waals surface area contributed by atoms with Gasteiger partial charge >= 0.3 is 6.09 Å². The number of amides is 4. The van der Waals surface area contributed by atoms with Crippen LogP contribution >= 0.6 is 11.3 Å². The number of rotatable bonds is 8. The van der Waals surface area contributed by atoms with E-state index in [1.54, 1.807) is 11.8 Å². The Kier molecular flexibility index (Phi) is 9.21. The van der Waals surface area contributed by atoms with Crippen molar-refractivity contribution in [2.75, 3.05) is 25.5 Å². The number of ether oxygens (including phenoxy) is 1. The molecule has 0 saturated heterocycles. The number of carbonyl (C=O) groups is 4. The van der Waals surface area contributed by atoms with E-state index in [0.717, 1.165) is 21.8 Å². The van der Waals surface area contributed by atoms with E-state index < -0.39 is 27.9 Å². The van der Waals surface area contributed by atoms with Gasteiger partial charge in [-0.15, -0.1) is 11.3 Å². The molecule has 13 heteroatoms. The molecule has 0 unspecified atom stereocenters. The van der Waals surface area contributed by atoms with E-state index in [2.05, 4.69) is 10.6 Å². The predicted molar refractivity (Wildman–Crippen MR) is 153 cm³/mol. The number of sulfonamides is 1. The van der Waals surface area contributed by atoms with E-state index in [9.17, 15) is 27.6 Å². The zero-order valence-electron chi connectivity index (χ0n) is 22.8. The van der Waals surface area contributed by atoms with Gasteiger partial charge in [0, 0.05) is 37.5 Å². The van der Waals surface area contributed by atoms with Gasteiger partial charge in [-0.05, 0) is 48.7 Å². The van der Waals surface area contributed by atoms with Crippen molar-refractivity contribution in [2.24, 2.45) is 0 Å². The highest BCUT2D eigenvalue weighted by atomic mass is 32.2. The van der Waals surface area contributed by atoms with Gasteiger partial charge in [0.25, 0.3) is 11.8 Å². The number of fused-ring (bicyclic) bond motifs is 1. The number of hydrogen-bond donors (Lipinski definition) is 2. The Balaban J connectivity index is 1.55. The lowest BCUT2D eigenvalue weighted by atomic mass is 10.0. The number of alkyl carbamates (subject to hydrolysis) is 1. The molecule has 3 aromatic rings. The first-order chi connectivity index (χ1) is 19.5. The summed E-state index contributed by atoms with van der Waals surface area (Å²) in [5.74, 6) is -1.41. The topological polar surface area (TPSA) is 142 Å². The molecule has 216 valence electrons. The van der Waals surface area contributed by atoms with E-state index in [1.807, 2.05) is 30.3 Å². The number of thiophene rings is 1. The SMILES string of the molecule is CCOC(=O)NC(=O)c1c(NC(=O)c2ccc(S(=O)(=O)N(C)Cc3ccccc3)cc2)sc2c1CCN(C(C)=O)C2. The normalized spacial score (nSPS) is 12.9. The van der Waals surface area contributed by atoms with Crippen LogP contribution in [0.2, 0.25) is 0 Å². The Labute approximate surface area is 242 Å². The molecule has 11 nitrogen and oxygen atoms in total. The van der Waals surface area contributed by atoms with Crippen LogP contribution in [0.1, 0.15) is 50.6 Å². The van der Waals surface area contributed by atoms with Gasteiger partial charge in [-0.3, -0.25) is 19.7 Å². The maximum absolute atomic E-state index is 13.2. The van der Waals surface area contributed by atoms with Crippen LogP contribution in [0.4, 0.5) is 9.80 Å². The van der Waals surface area contributed by atoms with Crippen molar-refractivity contribution in [3.8, 4) is 0 Å². The maximum atomic E-state index is 13.2. The molecular formula is C28H30N4O7S2. The number of nitrogens with zero attached hydrogens (tertiary/aromatic N) is 2. The van der Waals surface area contributed by atoms with Crippen molar-refractivity contribution >= 4 is 50.2 Å². The van der Waals surface area contributed by atoms with Gasteiger partial charge in [-0.25, -0.2) is 13.2 Å². The molecule has 0 fully saturated rings. The molecule has 2 heterocycles. The molecule has 1 aliphatic heterocycles. The van der Waals surface area contributed by atoms with E-state index in [4.69, 9.17) is 4.74 Å². The molecule has 0 aliphatic carbocycles. The molecule has 0 bridgehead atoms. The Hall–Kier alpha value is -4.07. The third kappa shape index (κ3) is 6.81. The van der Waals surface area contributed by atoms with Gasteiger partial charge in [0.2, 0.25) is 15.9 Å². The lowest BCUT2D eigenvalue weighted by Gasteiger charge is -2.26. The summed E-state index contributed by atoms with van der Waals surface area (Å²) < 4.78 is 32.2. The van der Waals surface area contributed by atoms with E-state index in [-0.39, 0.29) is 46.6 Å². The van der Waals surface area contributed by atoms with Crippen LogP contribution in [-0.4, -0.2) is 61.6 Å². The van der Waals surface area contributed by atoms with Crippen molar-refractivity contribution in [1.82, 2.24) is 14.5 Å². The first kappa shape index (κ1) is 29.9. The standard InChI is InChI=1S/C28H30N4O7S2/c1-4-39-28(36)30-26(35)24-22-14-15-32(18(2)33)17-23(22)40-27(24)29-25(34)20-10-12-21(13-11-20)41(37,38)31(3)16-19-8-6-5-7-9-19/h5-13H,4,14-17H2,1-3H3,(H,29,34)(H,30,35,36). The van der Waals surface area contributed by atoms with Gasteiger partial charge < -0.3 is 15.0 Å². The summed E-state index contributed by atoms with van der Waals surface area (Å²) in [6, 6.07) is 14.7. The van der Waals surface area contributed by atoms with Crippen LogP contribution in [0.3, 0.4) is 0 Å². The smallest absolute Gasteiger partial charge is 0.414 e. The average Bonchev–Trinajstić information content (AvgIpc) is 3.30. The Bertz CT molecular complexity index is 1570. The average molecular weight is 599 g/mol. The summed E-state index contributed by atoms with van der Waals surface area (Å²) in [4.78, 5) is 52.5. The summed E-state index contributed by atoms with van der Waals surface area (Å²) in [6.07, 6.45) is -0.541. The minimum absolute atomic E-state index is 0.0258. The molecule has 0 radical (unpaired) electrons. The molecule has 41 heavy (non-hydrogen) atoms. The molecular weight excluding hydrogens is 568 g/mol. The van der Waals surface area contributed by atoms with Gasteiger partial charge in [-0.1, -0.05) is 30.3 Å². The van der Waals surface area contributed by atoms with Crippen molar-refractivity contribution < 1.29 is 32.3 Å². The van der Waals surface area contributed by atoms with Crippen LogP contribution in [0, 0.1) is 0 Å². The highest BCUT2D eigenvalue weighted by Gasteiger charge is 2.31. The fourth-order valence-electron chi connectivity index (χ4n) is 4.38. The van der Waals surface area contributed by atoms with Crippen molar-refractivity contribution in [3.63, 3.8) is 0 Å². The molecule has 4 amide bonds. The zero-order chi connectivity index (χ0) is 29.7. The third-order valence-corrected chi connectivity index (χ3v) is 9.47. The molecule has 2 N–H and O–H groups in total. The number of imide groups is 1. The predicted octanol–water partition coefficient (Wildman–Crippen LogP) is 3.61. The Morgan fingerprint density at radius 1 is 1.02 bits per heavy atom. The first-order valence-corrected chi connectivity index (χ1v) is 15.1. The van der Waals surface area contributed by atoms with Crippen LogP contribution < -0.4 is 10.6 Å². The van der Waals surface area contributed by atoms with Gasteiger partial charge in [0.15, 0.2) is 0 Å². The number of hydrogen-bond acceptors (Lipinski definition) is 8. The van der Waals surface area contributed by atoms with Crippen molar-refractivity contribution in [1.29, 1.82) is 0 Å². The molecule has 1 aromatic heterocycles. The van der Waals surface area contributed by atoms with Crippen LogP contribution in [0.25, 0.3) is 0 Å². The summed E-state index contributed by atoms with van der Waals surface area (Å²) in [7, 11) is -2.33. The summed E-state index contributed by atoms with van der Waals surface area (Å²) >= 11 is 1.15. The van der Waals surface area contributed by atoms with Crippen molar-refractivity contribution in [3.05, 3.63) is 81.7 Å². The minimum atomic E-state index is -3.81. The van der Waals surface area contributed by atoms with Crippen LogP contribution in [0.15, 0.2) is 59.5 Å². The molecule has 2 aromatic carbocycles. The minimum Gasteiger partial charge on any atom is -0.450 e. The summed E-state index contributed by atoms with van der Waals surface area (Å²) in [6.45, 7) is 3.99. The van der Waals surface area contributed by atoms with Crippen LogP contribution in [-0.2, 0) is 39.1 Å². The second-order valence-electron chi connectivity index (χ2n) is 9.30. The highest BCUT2D eigenvalue weighted by Crippen LogP contribution is 2.37. The summed E-state index contributed by atoms with van der Waals surface area (Å²) in [5, 5.41) is 5.12. The monoisotopic (exact) mass is 598 g/mol. The zero-order valence-corrected chi connectivity index (χ0v) is 24.4. The fraction of sp³-hybridized carbons (Fsp3) is 0.286. The molecule has 0 atom stereocenters. The van der Waals surface area contributed by atoms with E-state index in [0.29, 0.717) is 18.5 Å². The highest BCUT2D eigenvalue weighted by molar-refractivity contribution is 7.89. The van der Waals surface area contributed by atoms with E-state index in [1.165, 1.54) is 42.5 Å². The summed E-state index contributed by atoms with van der Waals surface area (Å²) in [5.41, 5.74) is 1.79. The number of carbonyl (C=O) groups excluding carboxylic acids is 4. The lowest BCUT2D eigenvalue weighted by Crippen LogP contribution is -2.35. The Morgan fingerprint density at radius 2 is 1.71 bits per heavy atom. The number of benzene rings is 2. The number of nitrogens with one attached hydrogen (secondary N) is 2. The fourth-order valence-corrected chi connectivity index (χ4v) is 6.80. The second-order valence-corrected chi connectivity index (χ2v) is 12.4. The maximum Gasteiger partial charge on any atom is 0.414 e. The molecule has 1 aliphatic rings. The first-order valence-electron chi connectivity index (χ1n) is 12.8.